The van der Waals surface area contributed by atoms with Crippen molar-refractivity contribution >= 4 is 6.21 Å². The molecule has 0 rings (SSSR count). The summed E-state index contributed by atoms with van der Waals surface area (Å²) in [6, 6.07) is 0. The monoisotopic (exact) mass is 161 g/mol. The van der Waals surface area contributed by atoms with Crippen molar-refractivity contribution in [2.45, 2.75) is 12.8 Å². The van der Waals surface area contributed by atoms with E-state index in [2.05, 4.69) is 19.7 Å². The highest BCUT2D eigenvalue weighted by atomic mass is 14.3. The number of hydrogen-bond acceptors (Lipinski definition) is 1. The van der Waals surface area contributed by atoms with E-state index in [9.17, 15) is 0 Å². The molecule has 0 aromatic rings. The van der Waals surface area contributed by atoms with Crippen LogP contribution in [0.5, 0.6) is 0 Å². The third-order valence-electron chi connectivity index (χ3n) is 1.53. The lowest BCUT2D eigenvalue weighted by atomic mass is 10.1. The average molecular weight is 161 g/mol. The Morgan fingerprint density at radius 2 is 1.92 bits per heavy atom. The van der Waals surface area contributed by atoms with Gasteiger partial charge in [-0.3, -0.25) is 0 Å². The minimum atomic E-state index is 0.815. The van der Waals surface area contributed by atoms with Gasteiger partial charge in [-0.05, 0) is 24.0 Å². The molecule has 0 unspecified atom stereocenters. The van der Waals surface area contributed by atoms with Crippen LogP contribution >= 0.6 is 0 Å². The van der Waals surface area contributed by atoms with Crippen molar-refractivity contribution in [3.8, 4) is 0 Å². The first kappa shape index (κ1) is 10.6. The fraction of sp³-hybridized carbons (Fsp3) is 0.182. The van der Waals surface area contributed by atoms with Crippen LogP contribution in [0.3, 0.4) is 0 Å². The third kappa shape index (κ3) is 4.45. The second-order valence-corrected chi connectivity index (χ2v) is 2.48. The highest BCUT2D eigenvalue weighted by Crippen LogP contribution is 2.09. The first-order chi connectivity index (χ1) is 5.74. The zero-order valence-electron chi connectivity index (χ0n) is 7.34. The van der Waals surface area contributed by atoms with E-state index in [1.807, 2.05) is 6.08 Å². The average Bonchev–Trinajstić information content (AvgIpc) is 2.11. The van der Waals surface area contributed by atoms with E-state index >= 15 is 0 Å². The smallest absolute Gasteiger partial charge is 0.0204 e. The Labute approximate surface area is 74.3 Å². The molecule has 0 heterocycles. The van der Waals surface area contributed by atoms with Gasteiger partial charge >= 0.3 is 0 Å². The molecule has 0 atom stereocenters. The lowest BCUT2D eigenvalue weighted by Crippen LogP contribution is -1.84. The quantitative estimate of drug-likeness (QED) is 0.456. The van der Waals surface area contributed by atoms with Crippen molar-refractivity contribution in [3.05, 3.63) is 49.1 Å². The molecule has 0 saturated carbocycles. The largest absolute Gasteiger partial charge is 0.308 e. The van der Waals surface area contributed by atoms with Gasteiger partial charge in [0.2, 0.25) is 0 Å². The molecule has 0 spiro atoms. The molecule has 0 saturated heterocycles. The van der Waals surface area contributed by atoms with Gasteiger partial charge in [0.25, 0.3) is 0 Å². The predicted molar refractivity (Wildman–Crippen MR) is 55.6 cm³/mol. The summed E-state index contributed by atoms with van der Waals surface area (Å²) in [6.07, 6.45) is 8.45. The molecule has 1 N–H and O–H groups in total. The van der Waals surface area contributed by atoms with Gasteiger partial charge in [0.05, 0.1) is 0 Å². The fourth-order valence-electron chi connectivity index (χ4n) is 0.782. The van der Waals surface area contributed by atoms with Gasteiger partial charge < -0.3 is 5.41 Å². The maximum atomic E-state index is 6.92. The molecular formula is C11H15N. The van der Waals surface area contributed by atoms with Crippen LogP contribution in [0.1, 0.15) is 12.8 Å². The Morgan fingerprint density at radius 1 is 1.25 bits per heavy atom. The summed E-state index contributed by atoms with van der Waals surface area (Å²) in [7, 11) is 0. The van der Waals surface area contributed by atoms with Crippen molar-refractivity contribution in [2.75, 3.05) is 0 Å². The Balaban J connectivity index is 3.96. The number of nitrogens with one attached hydrogen (secondary N) is 1. The minimum absolute atomic E-state index is 0.815. The first-order valence-corrected chi connectivity index (χ1v) is 3.87. The highest BCUT2D eigenvalue weighted by Gasteiger charge is 1.92. The van der Waals surface area contributed by atoms with E-state index in [1.165, 1.54) is 6.21 Å². The standard InChI is InChI=1S/C11H15N/c1-4-6-11(5-2)8-7-10(3)9-12/h4-6,9,12H,1-3,7-8H2/b11-6+,12-9?. The molecule has 0 aliphatic rings. The Kier molecular flexibility index (Phi) is 5.62. The molecule has 0 fully saturated rings. The highest BCUT2D eigenvalue weighted by molar-refractivity contribution is 5.74. The van der Waals surface area contributed by atoms with E-state index in [0.29, 0.717) is 0 Å². The van der Waals surface area contributed by atoms with Crippen LogP contribution < -0.4 is 0 Å². The van der Waals surface area contributed by atoms with E-state index < -0.39 is 0 Å². The van der Waals surface area contributed by atoms with Gasteiger partial charge in [-0.2, -0.15) is 0 Å². The predicted octanol–water partition coefficient (Wildman–Crippen LogP) is 3.27. The van der Waals surface area contributed by atoms with Crippen molar-refractivity contribution in [1.29, 1.82) is 5.41 Å². The summed E-state index contributed by atoms with van der Waals surface area (Å²) >= 11 is 0. The van der Waals surface area contributed by atoms with Crippen molar-refractivity contribution in [1.82, 2.24) is 0 Å². The molecule has 0 aliphatic carbocycles. The van der Waals surface area contributed by atoms with E-state index in [1.54, 1.807) is 12.2 Å². The summed E-state index contributed by atoms with van der Waals surface area (Å²) < 4.78 is 0. The van der Waals surface area contributed by atoms with Crippen LogP contribution in [0.2, 0.25) is 0 Å². The molecule has 0 bridgehead atoms. The minimum Gasteiger partial charge on any atom is -0.308 e. The maximum absolute atomic E-state index is 6.92. The van der Waals surface area contributed by atoms with Crippen molar-refractivity contribution < 1.29 is 0 Å². The molecule has 0 radical (unpaired) electrons. The van der Waals surface area contributed by atoms with E-state index in [-0.39, 0.29) is 0 Å². The molecule has 0 amide bonds. The molecule has 12 heavy (non-hydrogen) atoms. The summed E-state index contributed by atoms with van der Waals surface area (Å²) in [5, 5.41) is 6.92. The molecule has 1 heteroatoms. The lowest BCUT2D eigenvalue weighted by molar-refractivity contribution is 0.988. The van der Waals surface area contributed by atoms with Gasteiger partial charge in [0.1, 0.15) is 0 Å². The van der Waals surface area contributed by atoms with Gasteiger partial charge in [-0.15, -0.1) is 0 Å². The summed E-state index contributed by atoms with van der Waals surface area (Å²) in [6.45, 7) is 11.0. The topological polar surface area (TPSA) is 23.9 Å². The van der Waals surface area contributed by atoms with Gasteiger partial charge in [0, 0.05) is 6.21 Å². The molecular weight excluding hydrogens is 146 g/mol. The van der Waals surface area contributed by atoms with E-state index in [0.717, 1.165) is 24.0 Å². The van der Waals surface area contributed by atoms with Crippen molar-refractivity contribution in [3.63, 3.8) is 0 Å². The summed E-state index contributed by atoms with van der Waals surface area (Å²) in [5.41, 5.74) is 1.97. The van der Waals surface area contributed by atoms with Crippen molar-refractivity contribution in [2.24, 2.45) is 0 Å². The second kappa shape index (κ2) is 6.35. The SMILES string of the molecule is C=C/C=C(\C=C)CCC(=C)C=N. The zero-order chi connectivity index (χ0) is 9.40. The Hall–Kier alpha value is -1.37. The van der Waals surface area contributed by atoms with Gasteiger partial charge in [0.15, 0.2) is 0 Å². The second-order valence-electron chi connectivity index (χ2n) is 2.48. The molecule has 1 nitrogen and oxygen atoms in total. The van der Waals surface area contributed by atoms with Crippen LogP contribution in [-0.2, 0) is 0 Å². The maximum Gasteiger partial charge on any atom is 0.0204 e. The third-order valence-corrected chi connectivity index (χ3v) is 1.53. The molecule has 64 valence electrons. The lowest BCUT2D eigenvalue weighted by Gasteiger charge is -1.99. The number of hydrogen-bond donors (Lipinski definition) is 1. The molecule has 0 aromatic carbocycles. The van der Waals surface area contributed by atoms with E-state index in [4.69, 9.17) is 5.41 Å². The normalized spacial score (nSPS) is 10.5. The Bertz CT molecular complexity index is 221. The molecule has 0 aliphatic heterocycles. The van der Waals surface area contributed by atoms with Crippen LogP contribution in [0.15, 0.2) is 49.1 Å². The number of rotatable bonds is 6. The van der Waals surface area contributed by atoms with Crippen LogP contribution in [0.4, 0.5) is 0 Å². The van der Waals surface area contributed by atoms with Gasteiger partial charge in [-0.1, -0.05) is 38.0 Å². The van der Waals surface area contributed by atoms with Gasteiger partial charge in [-0.25, -0.2) is 0 Å². The Morgan fingerprint density at radius 3 is 2.33 bits per heavy atom. The summed E-state index contributed by atoms with van der Waals surface area (Å²) in [5.74, 6) is 0. The summed E-state index contributed by atoms with van der Waals surface area (Å²) in [4.78, 5) is 0. The first-order valence-electron chi connectivity index (χ1n) is 3.87. The van der Waals surface area contributed by atoms with Crippen LogP contribution in [0.25, 0.3) is 0 Å². The van der Waals surface area contributed by atoms with Crippen LogP contribution in [-0.4, -0.2) is 6.21 Å². The molecule has 0 aromatic heterocycles. The fourth-order valence-corrected chi connectivity index (χ4v) is 0.782. The zero-order valence-corrected chi connectivity index (χ0v) is 7.34. The number of allylic oxidation sites excluding steroid dienone is 5. The van der Waals surface area contributed by atoms with Crippen LogP contribution in [0, 0.1) is 5.41 Å².